The zero-order valence-corrected chi connectivity index (χ0v) is 20.7. The van der Waals surface area contributed by atoms with E-state index in [4.69, 9.17) is 11.6 Å². The molecule has 1 N–H and O–H groups in total. The maximum absolute atomic E-state index is 13.5. The molecule has 0 saturated heterocycles. The maximum Gasteiger partial charge on any atom is 0.244 e. The van der Waals surface area contributed by atoms with Crippen LogP contribution in [-0.4, -0.2) is 50.0 Å². The second-order valence-electron chi connectivity index (χ2n) is 7.98. The average molecular weight is 498 g/mol. The van der Waals surface area contributed by atoms with Gasteiger partial charge < -0.3 is 10.2 Å². The van der Waals surface area contributed by atoms with Crippen molar-refractivity contribution < 1.29 is 22.4 Å². The summed E-state index contributed by atoms with van der Waals surface area (Å²) in [6.07, 6.45) is 1.30. The summed E-state index contributed by atoms with van der Waals surface area (Å²) in [5.74, 6) is -1.35. The monoisotopic (exact) mass is 497 g/mol. The van der Waals surface area contributed by atoms with Crippen LogP contribution >= 0.6 is 11.6 Å². The van der Waals surface area contributed by atoms with E-state index in [-0.39, 0.29) is 24.2 Å². The van der Waals surface area contributed by atoms with Gasteiger partial charge in [0, 0.05) is 17.6 Å². The first-order chi connectivity index (χ1) is 15.4. The van der Waals surface area contributed by atoms with Gasteiger partial charge in [-0.05, 0) is 56.2 Å². The van der Waals surface area contributed by atoms with Crippen molar-refractivity contribution in [3.05, 3.63) is 64.9 Å². The number of halogens is 2. The molecule has 0 radical (unpaired) electrons. The predicted molar refractivity (Wildman–Crippen MR) is 128 cm³/mol. The Morgan fingerprint density at radius 2 is 1.76 bits per heavy atom. The highest BCUT2D eigenvalue weighted by Gasteiger charge is 2.32. The molecule has 2 rings (SSSR count). The molecular formula is C23H29ClFN3O4S. The van der Waals surface area contributed by atoms with Crippen LogP contribution in [0.5, 0.6) is 0 Å². The van der Waals surface area contributed by atoms with Crippen LogP contribution in [0.4, 0.5) is 10.1 Å². The first kappa shape index (κ1) is 26.6. The molecule has 180 valence electrons. The Morgan fingerprint density at radius 1 is 1.12 bits per heavy atom. The molecule has 0 heterocycles. The molecule has 7 nitrogen and oxygen atoms in total. The largest absolute Gasteiger partial charge is 0.352 e. The van der Waals surface area contributed by atoms with Gasteiger partial charge in [-0.1, -0.05) is 36.7 Å². The Kier molecular flexibility index (Phi) is 9.25. The Morgan fingerprint density at radius 3 is 2.27 bits per heavy atom. The number of amides is 2. The highest BCUT2D eigenvalue weighted by Crippen LogP contribution is 2.23. The number of nitrogens with zero attached hydrogens (tertiary/aromatic N) is 2. The Hall–Kier alpha value is -2.65. The molecule has 2 aromatic carbocycles. The molecule has 0 bridgehead atoms. The summed E-state index contributed by atoms with van der Waals surface area (Å²) >= 11 is 6.02. The van der Waals surface area contributed by atoms with Crippen molar-refractivity contribution in [3.63, 3.8) is 0 Å². The minimum absolute atomic E-state index is 0.0102. The lowest BCUT2D eigenvalue weighted by Crippen LogP contribution is -2.53. The van der Waals surface area contributed by atoms with E-state index in [2.05, 4.69) is 5.32 Å². The van der Waals surface area contributed by atoms with Crippen molar-refractivity contribution in [2.24, 2.45) is 0 Å². The molecule has 0 aliphatic heterocycles. The number of benzene rings is 2. The molecule has 10 heteroatoms. The van der Waals surface area contributed by atoms with E-state index in [1.807, 2.05) is 0 Å². The van der Waals surface area contributed by atoms with Crippen molar-refractivity contribution in [2.75, 3.05) is 17.1 Å². The van der Waals surface area contributed by atoms with Crippen LogP contribution in [-0.2, 0) is 26.2 Å². The minimum Gasteiger partial charge on any atom is -0.352 e. The van der Waals surface area contributed by atoms with Gasteiger partial charge in [0.2, 0.25) is 21.8 Å². The van der Waals surface area contributed by atoms with Crippen LogP contribution in [0.2, 0.25) is 5.02 Å². The number of sulfonamides is 1. The van der Waals surface area contributed by atoms with Gasteiger partial charge in [-0.25, -0.2) is 12.8 Å². The van der Waals surface area contributed by atoms with Gasteiger partial charge in [0.05, 0.1) is 11.9 Å². The fraction of sp³-hybridized carbons (Fsp3) is 0.391. The van der Waals surface area contributed by atoms with Crippen molar-refractivity contribution in [3.8, 4) is 0 Å². The van der Waals surface area contributed by atoms with E-state index >= 15 is 0 Å². The second kappa shape index (κ2) is 11.5. The first-order valence-electron chi connectivity index (χ1n) is 10.5. The summed E-state index contributed by atoms with van der Waals surface area (Å²) in [6.45, 7) is 4.87. The van der Waals surface area contributed by atoms with Crippen LogP contribution < -0.4 is 9.62 Å². The molecule has 1 atom stereocenters. The molecule has 0 aromatic heterocycles. The molecule has 0 fully saturated rings. The van der Waals surface area contributed by atoms with Gasteiger partial charge in [0.25, 0.3) is 0 Å². The Bertz CT molecular complexity index is 1080. The SMILES string of the molecule is CCC(C(=O)NC(C)C)N(Cc1ccc(F)cc1)C(=O)CN(c1cccc(Cl)c1)S(C)(=O)=O. The van der Waals surface area contributed by atoms with Crippen molar-refractivity contribution in [2.45, 2.75) is 45.8 Å². The van der Waals surface area contributed by atoms with Gasteiger partial charge >= 0.3 is 0 Å². The van der Waals surface area contributed by atoms with E-state index in [9.17, 15) is 22.4 Å². The van der Waals surface area contributed by atoms with Gasteiger partial charge in [-0.2, -0.15) is 0 Å². The third-order valence-corrected chi connectivity index (χ3v) is 6.23. The number of anilines is 1. The molecule has 0 aliphatic rings. The van der Waals surface area contributed by atoms with Gasteiger partial charge in [-0.3, -0.25) is 13.9 Å². The molecular weight excluding hydrogens is 469 g/mol. The summed E-state index contributed by atoms with van der Waals surface area (Å²) in [4.78, 5) is 27.6. The van der Waals surface area contributed by atoms with Crippen LogP contribution in [0, 0.1) is 5.82 Å². The van der Waals surface area contributed by atoms with Crippen LogP contribution in [0.25, 0.3) is 0 Å². The molecule has 0 aliphatic carbocycles. The number of hydrogen-bond acceptors (Lipinski definition) is 4. The summed E-state index contributed by atoms with van der Waals surface area (Å²) in [6, 6.07) is 10.8. The predicted octanol–water partition coefficient (Wildman–Crippen LogP) is 3.58. The summed E-state index contributed by atoms with van der Waals surface area (Å²) in [5.41, 5.74) is 0.842. The van der Waals surface area contributed by atoms with Crippen molar-refractivity contribution in [1.82, 2.24) is 10.2 Å². The maximum atomic E-state index is 13.5. The van der Waals surface area contributed by atoms with Crippen molar-refractivity contribution >= 4 is 39.1 Å². The fourth-order valence-electron chi connectivity index (χ4n) is 3.33. The van der Waals surface area contributed by atoms with Gasteiger partial charge in [0.1, 0.15) is 18.4 Å². The summed E-state index contributed by atoms with van der Waals surface area (Å²) in [5, 5.41) is 3.12. The van der Waals surface area contributed by atoms with E-state index in [0.29, 0.717) is 17.0 Å². The van der Waals surface area contributed by atoms with E-state index in [0.717, 1.165) is 10.6 Å². The number of nitrogens with one attached hydrogen (secondary N) is 1. The third kappa shape index (κ3) is 7.71. The van der Waals surface area contributed by atoms with E-state index in [1.165, 1.54) is 41.3 Å². The van der Waals surface area contributed by atoms with Crippen molar-refractivity contribution in [1.29, 1.82) is 0 Å². The lowest BCUT2D eigenvalue weighted by Gasteiger charge is -2.33. The average Bonchev–Trinajstić information content (AvgIpc) is 2.71. The molecule has 33 heavy (non-hydrogen) atoms. The topological polar surface area (TPSA) is 86.8 Å². The highest BCUT2D eigenvalue weighted by molar-refractivity contribution is 7.92. The highest BCUT2D eigenvalue weighted by atomic mass is 35.5. The Labute approximate surface area is 199 Å². The summed E-state index contributed by atoms with van der Waals surface area (Å²) < 4.78 is 39.3. The molecule has 1 unspecified atom stereocenters. The minimum atomic E-state index is -3.84. The number of rotatable bonds is 10. The number of carbonyl (C=O) groups is 2. The van der Waals surface area contributed by atoms with Gasteiger partial charge in [0.15, 0.2) is 0 Å². The lowest BCUT2D eigenvalue weighted by molar-refractivity contribution is -0.140. The zero-order valence-electron chi connectivity index (χ0n) is 19.1. The fourth-order valence-corrected chi connectivity index (χ4v) is 4.36. The van der Waals surface area contributed by atoms with Crippen LogP contribution in [0.3, 0.4) is 0 Å². The second-order valence-corrected chi connectivity index (χ2v) is 10.3. The van der Waals surface area contributed by atoms with E-state index < -0.39 is 34.3 Å². The summed E-state index contributed by atoms with van der Waals surface area (Å²) in [7, 11) is -3.84. The molecule has 2 amide bonds. The number of carbonyl (C=O) groups excluding carboxylic acids is 2. The first-order valence-corrected chi connectivity index (χ1v) is 12.7. The molecule has 0 spiro atoms. The van der Waals surface area contributed by atoms with Crippen LogP contribution in [0.15, 0.2) is 48.5 Å². The zero-order chi connectivity index (χ0) is 24.8. The lowest BCUT2D eigenvalue weighted by atomic mass is 10.1. The number of hydrogen-bond donors (Lipinski definition) is 1. The van der Waals surface area contributed by atoms with E-state index in [1.54, 1.807) is 32.9 Å². The Balaban J connectivity index is 2.43. The molecule has 0 saturated carbocycles. The normalized spacial score (nSPS) is 12.3. The molecule has 2 aromatic rings. The van der Waals surface area contributed by atoms with Gasteiger partial charge in [-0.15, -0.1) is 0 Å². The van der Waals surface area contributed by atoms with Crippen LogP contribution in [0.1, 0.15) is 32.8 Å². The smallest absolute Gasteiger partial charge is 0.244 e. The quantitative estimate of drug-likeness (QED) is 0.543. The standard InChI is InChI=1S/C23H29ClFN3O4S/c1-5-21(23(30)26-16(2)3)27(14-17-9-11-19(25)12-10-17)22(29)15-28(33(4,31)32)20-8-6-7-18(24)13-20/h6-13,16,21H,5,14-15H2,1-4H3,(H,26,30). The third-order valence-electron chi connectivity index (χ3n) is 4.86.